The number of rotatable bonds is 0. The first-order valence-corrected chi connectivity index (χ1v) is 13.2. The minimum atomic E-state index is 1.29. The number of hydrogen-bond donors (Lipinski definition) is 0. The Balaban J connectivity index is 1.32. The summed E-state index contributed by atoms with van der Waals surface area (Å²) in [6, 6.07) is 50.0. The Labute approximate surface area is 219 Å². The molecule has 9 rings (SSSR count). The second-order valence-electron chi connectivity index (χ2n) is 10.7. The highest BCUT2D eigenvalue weighted by Gasteiger charge is 2.08. The van der Waals surface area contributed by atoms with Crippen LogP contribution in [0.1, 0.15) is 0 Å². The third-order valence-electron chi connectivity index (χ3n) is 8.39. The standard InChI is InChI=1S/C38H22/c1-2-7-25-13-31-18-34-20-36-22-38-28(16-32(36)19-33(34)17-30(31)12-24(25)6-1)10-9-27-15-29-11-23-5-3-4-8-26(23)14-35(29)21-37(27)38/h1-22H. The maximum absolute atomic E-state index is 2.39. The molecule has 0 aromatic heterocycles. The van der Waals surface area contributed by atoms with Gasteiger partial charge in [-0.3, -0.25) is 0 Å². The Morgan fingerprint density at radius 2 is 0.421 bits per heavy atom. The summed E-state index contributed by atoms with van der Waals surface area (Å²) in [6.07, 6.45) is 0. The zero-order valence-electron chi connectivity index (χ0n) is 20.7. The van der Waals surface area contributed by atoms with E-state index in [0.717, 1.165) is 0 Å². The second kappa shape index (κ2) is 7.31. The lowest BCUT2D eigenvalue weighted by molar-refractivity contribution is 1.78. The van der Waals surface area contributed by atoms with Gasteiger partial charge < -0.3 is 0 Å². The first kappa shape index (κ1) is 20.2. The van der Waals surface area contributed by atoms with Crippen LogP contribution < -0.4 is 0 Å². The van der Waals surface area contributed by atoms with E-state index in [0.29, 0.717) is 0 Å². The van der Waals surface area contributed by atoms with E-state index in [1.54, 1.807) is 0 Å². The highest BCUT2D eigenvalue weighted by Crippen LogP contribution is 2.36. The van der Waals surface area contributed by atoms with Crippen molar-refractivity contribution in [3.05, 3.63) is 133 Å². The van der Waals surface area contributed by atoms with Gasteiger partial charge in [-0.25, -0.2) is 0 Å². The highest BCUT2D eigenvalue weighted by atomic mass is 14.1. The van der Waals surface area contributed by atoms with Crippen LogP contribution in [0.4, 0.5) is 0 Å². The van der Waals surface area contributed by atoms with Gasteiger partial charge in [0.25, 0.3) is 0 Å². The van der Waals surface area contributed by atoms with Gasteiger partial charge in [-0.2, -0.15) is 0 Å². The van der Waals surface area contributed by atoms with Crippen LogP contribution in [0, 0.1) is 0 Å². The molecule has 38 heavy (non-hydrogen) atoms. The molecule has 0 amide bonds. The predicted octanol–water partition coefficient (Wildman–Crippen LogP) is 10.9. The van der Waals surface area contributed by atoms with Gasteiger partial charge in [-0.1, -0.05) is 60.7 Å². The lowest BCUT2D eigenvalue weighted by Gasteiger charge is -2.11. The highest BCUT2D eigenvalue weighted by molar-refractivity contribution is 6.18. The fraction of sp³-hybridized carbons (Fsp3) is 0. The second-order valence-corrected chi connectivity index (χ2v) is 10.7. The topological polar surface area (TPSA) is 0 Å². The third kappa shape index (κ3) is 2.92. The monoisotopic (exact) mass is 478 g/mol. The van der Waals surface area contributed by atoms with E-state index in [2.05, 4.69) is 133 Å². The van der Waals surface area contributed by atoms with E-state index >= 15 is 0 Å². The SMILES string of the molecule is c1ccc2cc3cc4cc5cc6c(ccc7cc8cc9ccccc9cc8cc76)cc5cc4cc3cc2c1. The Bertz CT molecular complexity index is 2420. The van der Waals surface area contributed by atoms with E-state index < -0.39 is 0 Å². The first-order chi connectivity index (χ1) is 18.7. The molecule has 9 aromatic rings. The van der Waals surface area contributed by atoms with Crippen molar-refractivity contribution < 1.29 is 0 Å². The van der Waals surface area contributed by atoms with Crippen molar-refractivity contribution >= 4 is 86.2 Å². The van der Waals surface area contributed by atoms with Gasteiger partial charge in [0.05, 0.1) is 0 Å². The normalized spacial score (nSPS) is 12.2. The third-order valence-corrected chi connectivity index (χ3v) is 8.39. The van der Waals surface area contributed by atoms with Gasteiger partial charge >= 0.3 is 0 Å². The van der Waals surface area contributed by atoms with Gasteiger partial charge in [-0.15, -0.1) is 0 Å². The summed E-state index contributed by atoms with van der Waals surface area (Å²) in [7, 11) is 0. The van der Waals surface area contributed by atoms with Crippen LogP contribution >= 0.6 is 0 Å². The van der Waals surface area contributed by atoms with Crippen molar-refractivity contribution in [3.8, 4) is 0 Å². The average molecular weight is 479 g/mol. The van der Waals surface area contributed by atoms with Gasteiger partial charge in [0, 0.05) is 0 Å². The fourth-order valence-corrected chi connectivity index (χ4v) is 6.44. The van der Waals surface area contributed by atoms with Crippen LogP contribution in [0.2, 0.25) is 0 Å². The molecule has 0 aliphatic carbocycles. The molecular formula is C38H22. The van der Waals surface area contributed by atoms with Crippen molar-refractivity contribution in [2.24, 2.45) is 0 Å². The van der Waals surface area contributed by atoms with E-state index in [1.807, 2.05) is 0 Å². The van der Waals surface area contributed by atoms with E-state index in [9.17, 15) is 0 Å². The quantitative estimate of drug-likeness (QED) is 0.150. The maximum atomic E-state index is 2.39. The van der Waals surface area contributed by atoms with E-state index in [4.69, 9.17) is 0 Å². The van der Waals surface area contributed by atoms with Crippen molar-refractivity contribution in [3.63, 3.8) is 0 Å². The smallest absolute Gasteiger partial charge is 0.00988 e. The number of fused-ring (bicyclic) bond motifs is 9. The minimum Gasteiger partial charge on any atom is -0.0616 e. The van der Waals surface area contributed by atoms with Crippen molar-refractivity contribution in [1.29, 1.82) is 0 Å². The van der Waals surface area contributed by atoms with Crippen molar-refractivity contribution in [2.45, 2.75) is 0 Å². The molecule has 0 atom stereocenters. The summed E-state index contributed by atoms with van der Waals surface area (Å²) in [5, 5.41) is 20.7. The largest absolute Gasteiger partial charge is 0.0616 e. The summed E-state index contributed by atoms with van der Waals surface area (Å²) < 4.78 is 0. The van der Waals surface area contributed by atoms with Crippen LogP contribution in [0.25, 0.3) is 86.2 Å². The number of hydrogen-bond acceptors (Lipinski definition) is 0. The summed E-state index contributed by atoms with van der Waals surface area (Å²) in [5.74, 6) is 0. The van der Waals surface area contributed by atoms with E-state index in [1.165, 1.54) is 86.2 Å². The van der Waals surface area contributed by atoms with Crippen LogP contribution in [0.15, 0.2) is 133 Å². The molecule has 0 nitrogen and oxygen atoms in total. The molecule has 174 valence electrons. The Morgan fingerprint density at radius 3 is 0.737 bits per heavy atom. The first-order valence-electron chi connectivity index (χ1n) is 13.2. The Morgan fingerprint density at radius 1 is 0.184 bits per heavy atom. The van der Waals surface area contributed by atoms with Crippen molar-refractivity contribution in [1.82, 2.24) is 0 Å². The molecule has 0 spiro atoms. The average Bonchev–Trinajstić information content (AvgIpc) is 2.95. The molecule has 0 saturated carbocycles. The molecule has 9 aromatic carbocycles. The molecule has 0 aliphatic heterocycles. The maximum Gasteiger partial charge on any atom is -0.00988 e. The fourth-order valence-electron chi connectivity index (χ4n) is 6.44. The molecule has 0 fully saturated rings. The molecule has 0 saturated heterocycles. The van der Waals surface area contributed by atoms with Crippen LogP contribution in [-0.2, 0) is 0 Å². The van der Waals surface area contributed by atoms with Gasteiger partial charge in [-0.05, 0) is 159 Å². The lowest BCUT2D eigenvalue weighted by atomic mass is 9.93. The Kier molecular flexibility index (Phi) is 3.88. The molecule has 0 unspecified atom stereocenters. The van der Waals surface area contributed by atoms with Crippen molar-refractivity contribution in [2.75, 3.05) is 0 Å². The zero-order valence-corrected chi connectivity index (χ0v) is 20.7. The number of benzene rings is 9. The molecular weight excluding hydrogens is 456 g/mol. The molecule has 0 aliphatic rings. The molecule has 0 bridgehead atoms. The van der Waals surface area contributed by atoms with Crippen LogP contribution in [0.3, 0.4) is 0 Å². The molecule has 0 heteroatoms. The Hall–Kier alpha value is -4.94. The predicted molar refractivity (Wildman–Crippen MR) is 166 cm³/mol. The summed E-state index contributed by atoms with van der Waals surface area (Å²) in [6.45, 7) is 0. The molecule has 0 radical (unpaired) electrons. The molecule has 0 N–H and O–H groups in total. The van der Waals surface area contributed by atoms with Crippen LogP contribution in [-0.4, -0.2) is 0 Å². The summed E-state index contributed by atoms with van der Waals surface area (Å²) >= 11 is 0. The van der Waals surface area contributed by atoms with Gasteiger partial charge in [0.1, 0.15) is 0 Å². The van der Waals surface area contributed by atoms with Gasteiger partial charge in [0.15, 0.2) is 0 Å². The summed E-state index contributed by atoms with van der Waals surface area (Å²) in [5.41, 5.74) is 0. The van der Waals surface area contributed by atoms with Crippen LogP contribution in [0.5, 0.6) is 0 Å². The zero-order chi connectivity index (χ0) is 24.8. The minimum absolute atomic E-state index is 1.29. The molecule has 0 heterocycles. The lowest BCUT2D eigenvalue weighted by Crippen LogP contribution is -1.84. The van der Waals surface area contributed by atoms with Gasteiger partial charge in [0.2, 0.25) is 0 Å². The summed E-state index contributed by atoms with van der Waals surface area (Å²) in [4.78, 5) is 0. The van der Waals surface area contributed by atoms with E-state index in [-0.39, 0.29) is 0 Å².